The molecule has 114 valence electrons. The first-order valence-corrected chi connectivity index (χ1v) is 7.26. The SMILES string of the molecule is COc1cccc(CCN2C(=O)NC(CC(C)C)C2=O)c1. The molecular weight excluding hydrogens is 268 g/mol. The third-order valence-electron chi connectivity index (χ3n) is 3.57. The highest BCUT2D eigenvalue weighted by Crippen LogP contribution is 2.17. The van der Waals surface area contributed by atoms with Crippen molar-refractivity contribution in [2.24, 2.45) is 5.92 Å². The molecule has 1 saturated heterocycles. The Bertz CT molecular complexity index is 528. The summed E-state index contributed by atoms with van der Waals surface area (Å²) in [5, 5.41) is 2.76. The zero-order valence-electron chi connectivity index (χ0n) is 12.8. The summed E-state index contributed by atoms with van der Waals surface area (Å²) in [4.78, 5) is 25.4. The van der Waals surface area contributed by atoms with Gasteiger partial charge in [0.15, 0.2) is 0 Å². The molecule has 1 fully saturated rings. The van der Waals surface area contributed by atoms with Crippen LogP contribution < -0.4 is 10.1 Å². The summed E-state index contributed by atoms with van der Waals surface area (Å²) >= 11 is 0. The van der Waals surface area contributed by atoms with Gasteiger partial charge < -0.3 is 10.1 Å². The summed E-state index contributed by atoms with van der Waals surface area (Å²) in [7, 11) is 1.62. The molecule has 0 spiro atoms. The van der Waals surface area contributed by atoms with Crippen LogP contribution in [0.4, 0.5) is 4.79 Å². The lowest BCUT2D eigenvalue weighted by atomic mass is 10.0. The zero-order chi connectivity index (χ0) is 15.4. The minimum Gasteiger partial charge on any atom is -0.497 e. The topological polar surface area (TPSA) is 58.6 Å². The molecule has 0 aromatic heterocycles. The number of nitrogens with one attached hydrogen (secondary N) is 1. The highest BCUT2D eigenvalue weighted by molar-refractivity contribution is 6.04. The van der Waals surface area contributed by atoms with Crippen molar-refractivity contribution in [2.75, 3.05) is 13.7 Å². The van der Waals surface area contributed by atoms with Crippen LogP contribution in [0.5, 0.6) is 5.75 Å². The fourth-order valence-corrected chi connectivity index (χ4v) is 2.49. The molecule has 1 heterocycles. The van der Waals surface area contributed by atoms with Gasteiger partial charge in [0, 0.05) is 6.54 Å². The van der Waals surface area contributed by atoms with Gasteiger partial charge >= 0.3 is 6.03 Å². The second kappa shape index (κ2) is 6.61. The molecule has 5 nitrogen and oxygen atoms in total. The van der Waals surface area contributed by atoms with E-state index in [4.69, 9.17) is 4.74 Å². The first-order chi connectivity index (χ1) is 10.0. The zero-order valence-corrected chi connectivity index (χ0v) is 12.8. The molecule has 1 unspecified atom stereocenters. The summed E-state index contributed by atoms with van der Waals surface area (Å²) in [6.45, 7) is 4.48. The van der Waals surface area contributed by atoms with Crippen molar-refractivity contribution < 1.29 is 14.3 Å². The van der Waals surface area contributed by atoms with Crippen LogP contribution >= 0.6 is 0 Å². The Balaban J connectivity index is 1.96. The number of hydrogen-bond donors (Lipinski definition) is 1. The molecule has 1 aromatic rings. The molecule has 0 aliphatic carbocycles. The standard InChI is InChI=1S/C16H22N2O3/c1-11(2)9-14-15(19)18(16(20)17-14)8-7-12-5-4-6-13(10-12)21-3/h4-6,10-11,14H,7-9H2,1-3H3,(H,17,20). The second-order valence-corrected chi connectivity index (χ2v) is 5.72. The van der Waals surface area contributed by atoms with Crippen molar-refractivity contribution in [3.8, 4) is 5.75 Å². The molecule has 0 saturated carbocycles. The predicted octanol–water partition coefficient (Wildman–Crippen LogP) is 2.20. The number of urea groups is 1. The Morgan fingerprint density at radius 1 is 1.33 bits per heavy atom. The molecule has 1 aliphatic heterocycles. The average Bonchev–Trinajstić information content (AvgIpc) is 2.71. The summed E-state index contributed by atoms with van der Waals surface area (Å²) < 4.78 is 5.17. The Morgan fingerprint density at radius 3 is 2.76 bits per heavy atom. The highest BCUT2D eigenvalue weighted by Gasteiger charge is 2.37. The largest absolute Gasteiger partial charge is 0.497 e. The third-order valence-corrected chi connectivity index (χ3v) is 3.57. The van der Waals surface area contributed by atoms with Crippen LogP contribution in [0.2, 0.25) is 0 Å². The number of rotatable bonds is 6. The number of imide groups is 1. The maximum absolute atomic E-state index is 12.2. The molecule has 3 amide bonds. The van der Waals surface area contributed by atoms with E-state index in [2.05, 4.69) is 5.32 Å². The fraction of sp³-hybridized carbons (Fsp3) is 0.500. The molecule has 21 heavy (non-hydrogen) atoms. The van der Waals surface area contributed by atoms with E-state index >= 15 is 0 Å². The molecule has 0 bridgehead atoms. The Kier molecular flexibility index (Phi) is 4.83. The van der Waals surface area contributed by atoms with Crippen LogP contribution in [-0.2, 0) is 11.2 Å². The molecule has 2 rings (SSSR count). The van der Waals surface area contributed by atoms with E-state index in [-0.39, 0.29) is 18.0 Å². The summed E-state index contributed by atoms with van der Waals surface area (Å²) in [5.74, 6) is 1.04. The van der Waals surface area contributed by atoms with Crippen molar-refractivity contribution >= 4 is 11.9 Å². The van der Waals surface area contributed by atoms with Gasteiger partial charge in [0.2, 0.25) is 0 Å². The van der Waals surface area contributed by atoms with Crippen molar-refractivity contribution in [2.45, 2.75) is 32.7 Å². The lowest BCUT2D eigenvalue weighted by Crippen LogP contribution is -2.33. The lowest BCUT2D eigenvalue weighted by Gasteiger charge is -2.14. The number of benzene rings is 1. The van der Waals surface area contributed by atoms with E-state index in [1.165, 1.54) is 4.90 Å². The first-order valence-electron chi connectivity index (χ1n) is 7.26. The van der Waals surface area contributed by atoms with E-state index in [0.29, 0.717) is 25.3 Å². The van der Waals surface area contributed by atoms with Gasteiger partial charge in [0.1, 0.15) is 11.8 Å². The number of nitrogens with zero attached hydrogens (tertiary/aromatic N) is 1. The van der Waals surface area contributed by atoms with E-state index in [0.717, 1.165) is 11.3 Å². The van der Waals surface area contributed by atoms with Gasteiger partial charge in [0.25, 0.3) is 5.91 Å². The number of hydrogen-bond acceptors (Lipinski definition) is 3. The first kappa shape index (κ1) is 15.4. The molecule has 1 aliphatic rings. The van der Waals surface area contributed by atoms with Gasteiger partial charge in [-0.05, 0) is 36.5 Å². The van der Waals surface area contributed by atoms with Gasteiger partial charge in [-0.25, -0.2) is 4.79 Å². The summed E-state index contributed by atoms with van der Waals surface area (Å²) in [6, 6.07) is 7.00. The summed E-state index contributed by atoms with van der Waals surface area (Å²) in [6.07, 6.45) is 1.31. The minimum absolute atomic E-state index is 0.114. The maximum atomic E-state index is 12.2. The average molecular weight is 290 g/mol. The molecule has 1 N–H and O–H groups in total. The number of carbonyl (C=O) groups is 2. The van der Waals surface area contributed by atoms with Gasteiger partial charge in [-0.2, -0.15) is 0 Å². The van der Waals surface area contributed by atoms with Crippen molar-refractivity contribution in [3.05, 3.63) is 29.8 Å². The third kappa shape index (κ3) is 3.74. The van der Waals surface area contributed by atoms with Crippen LogP contribution in [0.1, 0.15) is 25.8 Å². The monoisotopic (exact) mass is 290 g/mol. The molecule has 0 radical (unpaired) electrons. The van der Waals surface area contributed by atoms with Crippen LogP contribution in [-0.4, -0.2) is 36.5 Å². The van der Waals surface area contributed by atoms with E-state index in [1.807, 2.05) is 38.1 Å². The van der Waals surface area contributed by atoms with E-state index < -0.39 is 0 Å². The summed E-state index contributed by atoms with van der Waals surface area (Å²) in [5.41, 5.74) is 1.04. The van der Waals surface area contributed by atoms with Gasteiger partial charge in [0.05, 0.1) is 7.11 Å². The molecule has 5 heteroatoms. The maximum Gasteiger partial charge on any atom is 0.324 e. The normalized spacial score (nSPS) is 18.3. The van der Waals surface area contributed by atoms with Gasteiger partial charge in [-0.3, -0.25) is 9.69 Å². The smallest absolute Gasteiger partial charge is 0.324 e. The highest BCUT2D eigenvalue weighted by atomic mass is 16.5. The number of carbonyl (C=O) groups excluding carboxylic acids is 2. The second-order valence-electron chi connectivity index (χ2n) is 5.72. The quantitative estimate of drug-likeness (QED) is 0.817. The van der Waals surface area contributed by atoms with E-state index in [9.17, 15) is 9.59 Å². The van der Waals surface area contributed by atoms with E-state index in [1.54, 1.807) is 7.11 Å². The van der Waals surface area contributed by atoms with Crippen LogP contribution in [0.15, 0.2) is 24.3 Å². The minimum atomic E-state index is -0.372. The van der Waals surface area contributed by atoms with Crippen LogP contribution in [0.3, 0.4) is 0 Å². The fourth-order valence-electron chi connectivity index (χ4n) is 2.49. The van der Waals surface area contributed by atoms with Gasteiger partial charge in [-0.15, -0.1) is 0 Å². The van der Waals surface area contributed by atoms with Crippen molar-refractivity contribution in [1.29, 1.82) is 0 Å². The number of methoxy groups -OCH3 is 1. The Morgan fingerprint density at radius 2 is 2.10 bits per heavy atom. The Hall–Kier alpha value is -2.04. The molecule has 1 aromatic carbocycles. The molecular formula is C16H22N2O3. The number of ether oxygens (including phenoxy) is 1. The van der Waals surface area contributed by atoms with Crippen molar-refractivity contribution in [3.63, 3.8) is 0 Å². The van der Waals surface area contributed by atoms with Crippen molar-refractivity contribution in [1.82, 2.24) is 10.2 Å². The van der Waals surface area contributed by atoms with Crippen LogP contribution in [0.25, 0.3) is 0 Å². The number of amides is 3. The molecule has 1 atom stereocenters. The predicted molar refractivity (Wildman–Crippen MR) is 80.2 cm³/mol. The Labute approximate surface area is 125 Å². The van der Waals surface area contributed by atoms with Crippen LogP contribution in [0, 0.1) is 5.92 Å². The van der Waals surface area contributed by atoms with Gasteiger partial charge in [-0.1, -0.05) is 26.0 Å². The lowest BCUT2D eigenvalue weighted by molar-refractivity contribution is -0.127.